The number of thiophene rings is 1. The van der Waals surface area contributed by atoms with Gasteiger partial charge in [-0.15, -0.1) is 11.3 Å². The second kappa shape index (κ2) is 8.30. The molecule has 2 heterocycles. The number of benzene rings is 1. The van der Waals surface area contributed by atoms with E-state index in [2.05, 4.69) is 5.32 Å². The molecule has 6 nitrogen and oxygen atoms in total. The van der Waals surface area contributed by atoms with Crippen molar-refractivity contribution in [3.63, 3.8) is 0 Å². The maximum atomic E-state index is 13.8. The quantitative estimate of drug-likeness (QED) is 0.797. The average Bonchev–Trinajstić information content (AvgIpc) is 3.33. The first kappa shape index (κ1) is 19.0. The Kier molecular flexibility index (Phi) is 5.85. The zero-order valence-corrected chi connectivity index (χ0v) is 15.6. The monoisotopic (exact) mass is 390 g/mol. The van der Waals surface area contributed by atoms with Crippen LogP contribution >= 0.6 is 11.3 Å². The van der Waals surface area contributed by atoms with E-state index in [0.717, 1.165) is 5.56 Å². The summed E-state index contributed by atoms with van der Waals surface area (Å²) in [7, 11) is 0. The van der Waals surface area contributed by atoms with E-state index in [0.29, 0.717) is 24.3 Å². The molecule has 1 aliphatic heterocycles. The van der Waals surface area contributed by atoms with Crippen molar-refractivity contribution >= 4 is 34.8 Å². The molecule has 1 aliphatic rings. The molecular weight excluding hydrogens is 371 g/mol. The summed E-state index contributed by atoms with van der Waals surface area (Å²) in [5, 5.41) is 4.17. The first-order chi connectivity index (χ1) is 13.0. The Labute approximate surface area is 159 Å². The van der Waals surface area contributed by atoms with Gasteiger partial charge in [-0.3, -0.25) is 9.59 Å². The Hall–Kier alpha value is -2.74. The summed E-state index contributed by atoms with van der Waals surface area (Å²) in [5.74, 6) is -2.04. The number of hydrogen-bond donors (Lipinski definition) is 1. The van der Waals surface area contributed by atoms with E-state index in [1.807, 2.05) is 0 Å². The van der Waals surface area contributed by atoms with Gasteiger partial charge in [-0.1, -0.05) is 12.1 Å². The number of esters is 1. The molecule has 2 aromatic rings. The zero-order valence-electron chi connectivity index (χ0n) is 14.7. The normalized spacial score (nSPS) is 16.2. The van der Waals surface area contributed by atoms with Gasteiger partial charge in [0.25, 0.3) is 11.8 Å². The van der Waals surface area contributed by atoms with Crippen molar-refractivity contribution in [1.82, 2.24) is 4.90 Å². The average molecular weight is 390 g/mol. The Morgan fingerprint density at radius 1 is 1.33 bits per heavy atom. The smallest absolute Gasteiger partial charge is 0.329 e. The van der Waals surface area contributed by atoms with Crippen LogP contribution < -0.4 is 5.32 Å². The van der Waals surface area contributed by atoms with Gasteiger partial charge in [0, 0.05) is 6.54 Å². The number of ether oxygens (including phenoxy) is 1. The fraction of sp³-hybridized carbons (Fsp3) is 0.316. The second-order valence-electron chi connectivity index (χ2n) is 6.27. The summed E-state index contributed by atoms with van der Waals surface area (Å²) in [5.41, 5.74) is 0.755. The van der Waals surface area contributed by atoms with Crippen LogP contribution in [-0.2, 0) is 14.3 Å². The molecule has 0 saturated carbocycles. The Balaban J connectivity index is 1.55. The highest BCUT2D eigenvalue weighted by Crippen LogP contribution is 2.23. The van der Waals surface area contributed by atoms with E-state index in [1.165, 1.54) is 28.4 Å². The maximum absolute atomic E-state index is 13.8. The molecule has 3 rings (SSSR count). The minimum atomic E-state index is -0.705. The van der Waals surface area contributed by atoms with Crippen LogP contribution in [0.25, 0.3) is 0 Å². The number of likely N-dealkylation sites (tertiary alicyclic amines) is 1. The number of nitrogens with one attached hydrogen (secondary N) is 1. The van der Waals surface area contributed by atoms with Gasteiger partial charge < -0.3 is 15.0 Å². The number of amides is 2. The number of anilines is 1. The third-order valence-corrected chi connectivity index (χ3v) is 5.12. The summed E-state index contributed by atoms with van der Waals surface area (Å²) < 4.78 is 18.8. The van der Waals surface area contributed by atoms with Crippen LogP contribution in [0, 0.1) is 12.7 Å². The highest BCUT2D eigenvalue weighted by molar-refractivity contribution is 7.12. The molecule has 1 saturated heterocycles. The van der Waals surface area contributed by atoms with Crippen molar-refractivity contribution < 1.29 is 23.5 Å². The molecular formula is C19H19FN2O4S. The predicted molar refractivity (Wildman–Crippen MR) is 99.1 cm³/mol. The summed E-state index contributed by atoms with van der Waals surface area (Å²) in [4.78, 5) is 38.8. The van der Waals surface area contributed by atoms with Gasteiger partial charge in [0.1, 0.15) is 11.9 Å². The Bertz CT molecular complexity index is 853. The molecule has 1 unspecified atom stereocenters. The lowest BCUT2D eigenvalue weighted by molar-refractivity contribution is -0.151. The number of rotatable bonds is 5. The van der Waals surface area contributed by atoms with Crippen LogP contribution in [0.2, 0.25) is 0 Å². The summed E-state index contributed by atoms with van der Waals surface area (Å²) in [6, 6.07) is 7.19. The zero-order chi connectivity index (χ0) is 19.4. The van der Waals surface area contributed by atoms with Gasteiger partial charge in [0.15, 0.2) is 6.61 Å². The minimum absolute atomic E-state index is 0.0250. The lowest BCUT2D eigenvalue weighted by atomic mass is 10.2. The molecule has 1 atom stereocenters. The van der Waals surface area contributed by atoms with Crippen LogP contribution in [0.15, 0.2) is 35.7 Å². The van der Waals surface area contributed by atoms with Crippen molar-refractivity contribution in [1.29, 1.82) is 0 Å². The van der Waals surface area contributed by atoms with Gasteiger partial charge in [0.2, 0.25) is 0 Å². The van der Waals surface area contributed by atoms with Gasteiger partial charge in [0.05, 0.1) is 10.6 Å². The summed E-state index contributed by atoms with van der Waals surface area (Å²) in [6.45, 7) is 1.67. The Morgan fingerprint density at radius 3 is 2.85 bits per heavy atom. The first-order valence-corrected chi connectivity index (χ1v) is 9.41. The molecule has 2 amide bonds. The minimum Gasteiger partial charge on any atom is -0.454 e. The Morgan fingerprint density at radius 2 is 2.15 bits per heavy atom. The molecule has 0 radical (unpaired) electrons. The van der Waals surface area contributed by atoms with E-state index >= 15 is 0 Å². The number of carbonyl (C=O) groups excluding carboxylic acids is 3. The van der Waals surface area contributed by atoms with E-state index in [9.17, 15) is 18.8 Å². The van der Waals surface area contributed by atoms with E-state index < -0.39 is 30.3 Å². The van der Waals surface area contributed by atoms with Crippen LogP contribution in [0.3, 0.4) is 0 Å². The fourth-order valence-electron chi connectivity index (χ4n) is 2.94. The van der Waals surface area contributed by atoms with Gasteiger partial charge in [-0.2, -0.15) is 0 Å². The molecule has 1 N–H and O–H groups in total. The van der Waals surface area contributed by atoms with E-state index in [4.69, 9.17) is 4.74 Å². The number of halogens is 1. The van der Waals surface area contributed by atoms with Crippen molar-refractivity contribution in [2.45, 2.75) is 25.8 Å². The van der Waals surface area contributed by atoms with E-state index in [-0.39, 0.29) is 11.6 Å². The standard InChI is InChI=1S/C19H19FN2O4S/c1-12-6-7-14(13(20)10-12)21-17(23)11-26-19(25)15-4-2-8-22(15)18(24)16-5-3-9-27-16/h3,5-7,9-10,15H,2,4,8,11H2,1H3,(H,21,23). The number of hydrogen-bond acceptors (Lipinski definition) is 5. The molecule has 1 aromatic heterocycles. The van der Waals surface area contributed by atoms with Gasteiger partial charge >= 0.3 is 5.97 Å². The topological polar surface area (TPSA) is 75.7 Å². The molecule has 0 aliphatic carbocycles. The molecule has 1 aromatic carbocycles. The number of aryl methyl sites for hydroxylation is 1. The lowest BCUT2D eigenvalue weighted by Gasteiger charge is -2.22. The first-order valence-electron chi connectivity index (χ1n) is 8.53. The second-order valence-corrected chi connectivity index (χ2v) is 7.22. The van der Waals surface area contributed by atoms with Crippen LogP contribution in [0.4, 0.5) is 10.1 Å². The molecule has 0 spiro atoms. The number of carbonyl (C=O) groups is 3. The molecule has 1 fully saturated rings. The third kappa shape index (κ3) is 4.51. The summed E-state index contributed by atoms with van der Waals surface area (Å²) in [6.07, 6.45) is 1.18. The highest BCUT2D eigenvalue weighted by Gasteiger charge is 2.36. The van der Waals surface area contributed by atoms with Crippen molar-refractivity contribution in [2.24, 2.45) is 0 Å². The largest absolute Gasteiger partial charge is 0.454 e. The SMILES string of the molecule is Cc1ccc(NC(=O)COC(=O)C2CCCN2C(=O)c2cccs2)c(F)c1. The molecule has 142 valence electrons. The molecule has 8 heteroatoms. The van der Waals surface area contributed by atoms with Crippen molar-refractivity contribution in [3.05, 3.63) is 52.0 Å². The van der Waals surface area contributed by atoms with Crippen LogP contribution in [-0.4, -0.2) is 41.9 Å². The summed E-state index contributed by atoms with van der Waals surface area (Å²) >= 11 is 1.31. The fourth-order valence-corrected chi connectivity index (χ4v) is 3.62. The maximum Gasteiger partial charge on any atom is 0.329 e. The number of nitrogens with zero attached hydrogens (tertiary/aromatic N) is 1. The molecule has 0 bridgehead atoms. The van der Waals surface area contributed by atoms with Crippen molar-refractivity contribution in [3.8, 4) is 0 Å². The van der Waals surface area contributed by atoms with Gasteiger partial charge in [-0.05, 0) is 48.9 Å². The third-order valence-electron chi connectivity index (χ3n) is 4.26. The van der Waals surface area contributed by atoms with Crippen molar-refractivity contribution in [2.75, 3.05) is 18.5 Å². The van der Waals surface area contributed by atoms with Crippen LogP contribution in [0.1, 0.15) is 28.1 Å². The predicted octanol–water partition coefficient (Wildman–Crippen LogP) is 2.98. The lowest BCUT2D eigenvalue weighted by Crippen LogP contribution is -2.41. The van der Waals surface area contributed by atoms with Crippen LogP contribution in [0.5, 0.6) is 0 Å². The van der Waals surface area contributed by atoms with Gasteiger partial charge in [-0.25, -0.2) is 9.18 Å². The highest BCUT2D eigenvalue weighted by atomic mass is 32.1. The molecule has 27 heavy (non-hydrogen) atoms. The van der Waals surface area contributed by atoms with E-state index in [1.54, 1.807) is 30.5 Å².